The summed E-state index contributed by atoms with van der Waals surface area (Å²) in [4.78, 5) is 0. The Morgan fingerprint density at radius 2 is 1.40 bits per heavy atom. The van der Waals surface area contributed by atoms with Gasteiger partial charge in [-0.1, -0.05) is 0 Å². The van der Waals surface area contributed by atoms with Gasteiger partial charge < -0.3 is 5.11 Å². The van der Waals surface area contributed by atoms with Crippen molar-refractivity contribution >= 4 is 0 Å². The number of hydrogen-bond donors (Lipinski definition) is 1. The second-order valence-electron chi connectivity index (χ2n) is 0.316. The number of rotatable bonds is 0. The van der Waals surface area contributed by atoms with Gasteiger partial charge in [-0.3, -0.25) is 0 Å². The summed E-state index contributed by atoms with van der Waals surface area (Å²) in [5, 5.41) is 7.57. The molecule has 0 unspecified atom stereocenters. The molecule has 0 aromatic heterocycles. The van der Waals surface area contributed by atoms with Gasteiger partial charge in [0.15, 0.2) is 0 Å². The van der Waals surface area contributed by atoms with Crippen LogP contribution < -0.4 is 0 Å². The molecular weight excluding hydrogens is 222 g/mol. The summed E-state index contributed by atoms with van der Waals surface area (Å²) >= 11 is 0. The van der Waals surface area contributed by atoms with Crippen LogP contribution in [0, 0.1) is 0 Å². The monoisotopic (exact) mass is 226 g/mol. The number of aliphatic hydroxyl groups excluding tert-OH is 1. The second-order valence-corrected chi connectivity index (χ2v) is 0.316. The van der Waals surface area contributed by atoms with Crippen LogP contribution in [0.5, 0.6) is 0 Å². The summed E-state index contributed by atoms with van der Waals surface area (Å²) in [6.45, 7) is 1.93. The molecule has 0 aromatic rings. The van der Waals surface area contributed by atoms with Crippen molar-refractivity contribution in [3.63, 3.8) is 0 Å². The van der Waals surface area contributed by atoms with Crippen LogP contribution in [0.15, 0.2) is 0 Å². The largest absolute Gasteiger partial charge is 0.397 e. The minimum absolute atomic E-state index is 0. The number of hydrogen-bond acceptors (Lipinski definition) is 1. The topological polar surface area (TPSA) is 20.2 Å². The molecule has 28 valence electrons. The Morgan fingerprint density at radius 1 is 1.40 bits per heavy atom. The summed E-state index contributed by atoms with van der Waals surface area (Å²) in [5.41, 5.74) is 0. The van der Waals surface area contributed by atoms with Crippen LogP contribution in [0.25, 0.3) is 0 Å². The summed E-state index contributed by atoms with van der Waals surface area (Å²) in [6, 6.07) is 0. The molecular formula is C2H6OZr2. The Labute approximate surface area is 70.4 Å². The predicted octanol–water partition coefficient (Wildman–Crippen LogP) is -0.00640. The van der Waals surface area contributed by atoms with Gasteiger partial charge in [0, 0.05) is 59.0 Å². The summed E-state index contributed by atoms with van der Waals surface area (Å²) in [6.07, 6.45) is 0. The first-order valence-corrected chi connectivity index (χ1v) is 1.02. The minimum atomic E-state index is 0. The fourth-order valence-corrected chi connectivity index (χ4v) is 0. The zero-order chi connectivity index (χ0) is 2.71. The maximum Gasteiger partial charge on any atom is 0.0402 e. The molecule has 1 nitrogen and oxygen atoms in total. The van der Waals surface area contributed by atoms with E-state index < -0.39 is 0 Å². The van der Waals surface area contributed by atoms with Crippen molar-refractivity contribution in [2.45, 2.75) is 6.92 Å². The third-order valence-electron chi connectivity index (χ3n) is 0. The minimum Gasteiger partial charge on any atom is -0.397 e. The zero-order valence-corrected chi connectivity index (χ0v) is 8.07. The fraction of sp³-hybridized carbons (Fsp3) is 1.00. The quantitative estimate of drug-likeness (QED) is 0.619. The van der Waals surface area contributed by atoms with E-state index in [9.17, 15) is 0 Å². The molecule has 0 saturated carbocycles. The van der Waals surface area contributed by atoms with Crippen LogP contribution in [-0.2, 0) is 52.4 Å². The zero-order valence-electron chi connectivity index (χ0n) is 3.15. The molecule has 1 N–H and O–H groups in total. The Bertz CT molecular complexity index is 7.61. The molecule has 0 aliphatic rings. The maximum absolute atomic E-state index is 7.57. The molecule has 0 radical (unpaired) electrons. The maximum atomic E-state index is 7.57. The van der Waals surface area contributed by atoms with E-state index in [1.54, 1.807) is 6.92 Å². The van der Waals surface area contributed by atoms with Gasteiger partial charge in [0.25, 0.3) is 0 Å². The Kier molecular flexibility index (Phi) is 54.7. The molecule has 0 heterocycles. The van der Waals surface area contributed by atoms with Crippen LogP contribution in [0.1, 0.15) is 6.92 Å². The molecule has 0 rings (SSSR count). The molecule has 0 aliphatic carbocycles. The summed E-state index contributed by atoms with van der Waals surface area (Å²) < 4.78 is 0. The molecule has 3 heteroatoms. The summed E-state index contributed by atoms with van der Waals surface area (Å²) in [7, 11) is 0. The molecule has 0 saturated heterocycles. The van der Waals surface area contributed by atoms with E-state index in [4.69, 9.17) is 5.11 Å². The van der Waals surface area contributed by atoms with E-state index in [1.807, 2.05) is 0 Å². The van der Waals surface area contributed by atoms with E-state index >= 15 is 0 Å². The van der Waals surface area contributed by atoms with Gasteiger partial charge in [-0.25, -0.2) is 0 Å². The number of aliphatic hydroxyl groups is 1. The SMILES string of the molecule is CCO.[Zr].[Zr]. The van der Waals surface area contributed by atoms with Crippen molar-refractivity contribution in [2.24, 2.45) is 0 Å². The van der Waals surface area contributed by atoms with Crippen LogP contribution >= 0.6 is 0 Å². The van der Waals surface area contributed by atoms with Gasteiger partial charge in [-0.05, 0) is 6.92 Å². The van der Waals surface area contributed by atoms with Crippen molar-refractivity contribution in [3.8, 4) is 0 Å². The van der Waals surface area contributed by atoms with Crippen molar-refractivity contribution < 1.29 is 57.5 Å². The third-order valence-corrected chi connectivity index (χ3v) is 0. The van der Waals surface area contributed by atoms with Crippen LogP contribution in [0.4, 0.5) is 0 Å². The average molecular weight is 229 g/mol. The smallest absolute Gasteiger partial charge is 0.0402 e. The van der Waals surface area contributed by atoms with E-state index in [1.165, 1.54) is 0 Å². The van der Waals surface area contributed by atoms with E-state index in [0.29, 0.717) is 0 Å². The molecule has 0 aliphatic heterocycles. The standard InChI is InChI=1S/C2H6O.2Zr/c1-2-3;;/h3H,2H2,1H3;;. The van der Waals surface area contributed by atoms with Crippen molar-refractivity contribution in [2.75, 3.05) is 6.61 Å². The first kappa shape index (κ1) is 15.9. The third kappa shape index (κ3) is 26.7. The van der Waals surface area contributed by atoms with E-state index in [-0.39, 0.29) is 59.0 Å². The molecule has 0 spiro atoms. The van der Waals surface area contributed by atoms with Gasteiger partial charge in [0.2, 0.25) is 0 Å². The first-order valence-electron chi connectivity index (χ1n) is 1.02. The van der Waals surface area contributed by atoms with E-state index in [0.717, 1.165) is 0 Å². The van der Waals surface area contributed by atoms with Crippen LogP contribution in [0.3, 0.4) is 0 Å². The molecule has 5 heavy (non-hydrogen) atoms. The van der Waals surface area contributed by atoms with Crippen LogP contribution in [-0.4, -0.2) is 11.7 Å². The Morgan fingerprint density at radius 3 is 1.40 bits per heavy atom. The van der Waals surface area contributed by atoms with Gasteiger partial charge in [-0.2, -0.15) is 0 Å². The molecule has 0 atom stereocenters. The van der Waals surface area contributed by atoms with Gasteiger partial charge in [0.05, 0.1) is 0 Å². The predicted molar refractivity (Wildman–Crippen MR) is 12.8 cm³/mol. The van der Waals surface area contributed by atoms with Crippen LogP contribution in [0.2, 0.25) is 0 Å². The summed E-state index contributed by atoms with van der Waals surface area (Å²) in [5.74, 6) is 0. The van der Waals surface area contributed by atoms with Crippen molar-refractivity contribution in [3.05, 3.63) is 0 Å². The second kappa shape index (κ2) is 17.2. The van der Waals surface area contributed by atoms with Crippen molar-refractivity contribution in [1.29, 1.82) is 0 Å². The first-order chi connectivity index (χ1) is 1.41. The molecule has 0 amide bonds. The van der Waals surface area contributed by atoms with Gasteiger partial charge in [-0.15, -0.1) is 0 Å². The molecule has 0 bridgehead atoms. The fourth-order valence-electron chi connectivity index (χ4n) is 0. The van der Waals surface area contributed by atoms with Crippen molar-refractivity contribution in [1.82, 2.24) is 0 Å². The Balaban J connectivity index is -0.0000000200. The average Bonchev–Trinajstić information content (AvgIpc) is 0.918. The van der Waals surface area contributed by atoms with E-state index in [2.05, 4.69) is 0 Å². The Hall–Kier alpha value is 1.73. The van der Waals surface area contributed by atoms with Gasteiger partial charge >= 0.3 is 0 Å². The molecule has 0 fully saturated rings. The molecule has 0 aromatic carbocycles. The normalized spacial score (nSPS) is 3.60. The van der Waals surface area contributed by atoms with Gasteiger partial charge in [0.1, 0.15) is 0 Å².